The molecular weight excluding hydrogens is 296 g/mol. The highest BCUT2D eigenvalue weighted by atomic mass is 35.5. The molecule has 0 bridgehead atoms. The van der Waals surface area contributed by atoms with Crippen molar-refractivity contribution in [3.05, 3.63) is 35.1 Å². The molecule has 0 saturated heterocycles. The number of para-hydroxylation sites is 1. The second-order valence-electron chi connectivity index (χ2n) is 4.40. The lowest BCUT2D eigenvalue weighted by atomic mass is 10.2. The van der Waals surface area contributed by atoms with Crippen molar-refractivity contribution in [1.29, 1.82) is 0 Å². The fourth-order valence-corrected chi connectivity index (χ4v) is 2.07. The molecule has 2 aromatic rings. The molecule has 2 rings (SSSR count). The van der Waals surface area contributed by atoms with Gasteiger partial charge in [0.25, 0.3) is 0 Å². The number of hydrogen-bond acceptors (Lipinski definition) is 5. The maximum Gasteiger partial charge on any atom is 0.328 e. The summed E-state index contributed by atoms with van der Waals surface area (Å²) in [4.78, 5) is 11.3. The fraction of sp³-hybridized carbons (Fsp3) is 0.385. The van der Waals surface area contributed by atoms with Crippen molar-refractivity contribution < 1.29 is 14.6 Å². The topological polar surface area (TPSA) is 90.1 Å². The lowest BCUT2D eigenvalue weighted by Gasteiger charge is -2.13. The molecule has 1 atom stereocenters. The van der Waals surface area contributed by atoms with Crippen molar-refractivity contribution in [2.75, 3.05) is 0 Å². The van der Waals surface area contributed by atoms with Gasteiger partial charge in [-0.2, -0.15) is 0 Å². The molecule has 0 aliphatic rings. The zero-order valence-corrected chi connectivity index (χ0v) is 12.2. The Hall–Kier alpha value is -2.15. The van der Waals surface area contributed by atoms with Crippen LogP contribution in [0.1, 0.15) is 31.6 Å². The van der Waals surface area contributed by atoms with Crippen LogP contribution in [-0.4, -0.2) is 31.3 Å². The summed E-state index contributed by atoms with van der Waals surface area (Å²) in [5.41, 5.74) is 0. The summed E-state index contributed by atoms with van der Waals surface area (Å²) in [6, 6.07) is 6.21. The molecule has 0 aliphatic carbocycles. The summed E-state index contributed by atoms with van der Waals surface area (Å²) in [5, 5.41) is 20.8. The van der Waals surface area contributed by atoms with E-state index in [9.17, 15) is 9.90 Å². The van der Waals surface area contributed by atoms with Gasteiger partial charge in [-0.1, -0.05) is 37.1 Å². The van der Waals surface area contributed by atoms with E-state index in [1.165, 1.54) is 4.68 Å². The Bertz CT molecular complexity index is 617. The molecule has 1 unspecified atom stereocenters. The van der Waals surface area contributed by atoms with Crippen molar-refractivity contribution in [1.82, 2.24) is 20.2 Å². The van der Waals surface area contributed by atoms with Crippen molar-refractivity contribution in [3.8, 4) is 5.75 Å². The maximum absolute atomic E-state index is 11.3. The van der Waals surface area contributed by atoms with Gasteiger partial charge in [0, 0.05) is 0 Å². The minimum atomic E-state index is -0.969. The van der Waals surface area contributed by atoms with Crippen LogP contribution in [0.5, 0.6) is 5.75 Å². The minimum Gasteiger partial charge on any atom is -0.484 e. The molecule has 8 heteroatoms. The van der Waals surface area contributed by atoms with Crippen LogP contribution in [0.3, 0.4) is 0 Å². The SMILES string of the molecule is CCCC(C(=O)O)n1nnnc1COc1ccccc1Cl. The molecule has 1 aromatic carbocycles. The van der Waals surface area contributed by atoms with Crippen molar-refractivity contribution in [3.63, 3.8) is 0 Å². The lowest BCUT2D eigenvalue weighted by Crippen LogP contribution is -2.23. The molecule has 112 valence electrons. The molecule has 21 heavy (non-hydrogen) atoms. The first-order valence-corrected chi connectivity index (χ1v) is 6.88. The molecule has 1 heterocycles. The molecule has 0 radical (unpaired) electrons. The Morgan fingerprint density at radius 3 is 2.90 bits per heavy atom. The summed E-state index contributed by atoms with van der Waals surface area (Å²) in [6.45, 7) is 1.95. The van der Waals surface area contributed by atoms with E-state index in [1.54, 1.807) is 24.3 Å². The Morgan fingerprint density at radius 2 is 2.24 bits per heavy atom. The Balaban J connectivity index is 2.13. The minimum absolute atomic E-state index is 0.0459. The van der Waals surface area contributed by atoms with Gasteiger partial charge in [-0.15, -0.1) is 5.10 Å². The van der Waals surface area contributed by atoms with Gasteiger partial charge >= 0.3 is 5.97 Å². The first-order valence-electron chi connectivity index (χ1n) is 6.50. The number of nitrogens with zero attached hydrogens (tertiary/aromatic N) is 4. The molecule has 1 N–H and O–H groups in total. The van der Waals surface area contributed by atoms with E-state index in [2.05, 4.69) is 15.5 Å². The molecule has 0 saturated carbocycles. The van der Waals surface area contributed by atoms with Crippen LogP contribution in [0.2, 0.25) is 5.02 Å². The summed E-state index contributed by atoms with van der Waals surface area (Å²) in [7, 11) is 0. The average Bonchev–Trinajstić information content (AvgIpc) is 2.91. The maximum atomic E-state index is 11.3. The van der Waals surface area contributed by atoms with E-state index < -0.39 is 12.0 Å². The number of benzene rings is 1. The van der Waals surface area contributed by atoms with Crippen molar-refractivity contribution >= 4 is 17.6 Å². The number of carbonyl (C=O) groups is 1. The van der Waals surface area contributed by atoms with Gasteiger partial charge in [0.15, 0.2) is 11.9 Å². The smallest absolute Gasteiger partial charge is 0.328 e. The van der Waals surface area contributed by atoms with Crippen LogP contribution in [0.15, 0.2) is 24.3 Å². The van der Waals surface area contributed by atoms with Crippen molar-refractivity contribution in [2.45, 2.75) is 32.4 Å². The van der Waals surface area contributed by atoms with Crippen LogP contribution in [0.25, 0.3) is 0 Å². The van der Waals surface area contributed by atoms with Gasteiger partial charge in [0.2, 0.25) is 0 Å². The van der Waals surface area contributed by atoms with Crippen LogP contribution >= 0.6 is 11.6 Å². The number of aromatic nitrogens is 4. The van der Waals surface area contributed by atoms with Gasteiger partial charge in [-0.25, -0.2) is 9.48 Å². The van der Waals surface area contributed by atoms with E-state index in [0.29, 0.717) is 29.4 Å². The van der Waals surface area contributed by atoms with Crippen molar-refractivity contribution in [2.24, 2.45) is 0 Å². The lowest BCUT2D eigenvalue weighted by molar-refractivity contribution is -0.141. The van der Waals surface area contributed by atoms with E-state index in [-0.39, 0.29) is 6.61 Å². The Labute approximate surface area is 126 Å². The zero-order valence-electron chi connectivity index (χ0n) is 11.4. The molecule has 0 aliphatic heterocycles. The monoisotopic (exact) mass is 310 g/mol. The molecule has 7 nitrogen and oxygen atoms in total. The van der Waals surface area contributed by atoms with Crippen LogP contribution < -0.4 is 4.74 Å². The zero-order chi connectivity index (χ0) is 15.2. The highest BCUT2D eigenvalue weighted by molar-refractivity contribution is 6.32. The normalized spacial score (nSPS) is 12.1. The first kappa shape index (κ1) is 15.2. The van der Waals surface area contributed by atoms with Crippen LogP contribution in [0, 0.1) is 0 Å². The molecule has 1 aromatic heterocycles. The first-order chi connectivity index (χ1) is 10.1. The third-order valence-electron chi connectivity index (χ3n) is 2.90. The largest absolute Gasteiger partial charge is 0.484 e. The number of ether oxygens (including phenoxy) is 1. The number of tetrazole rings is 1. The van der Waals surface area contributed by atoms with E-state index in [0.717, 1.165) is 0 Å². The molecular formula is C13H15ClN4O3. The van der Waals surface area contributed by atoms with Gasteiger partial charge in [0.05, 0.1) is 5.02 Å². The highest BCUT2D eigenvalue weighted by Crippen LogP contribution is 2.24. The number of hydrogen-bond donors (Lipinski definition) is 1. The van der Waals surface area contributed by atoms with Gasteiger partial charge in [0.1, 0.15) is 12.4 Å². The Morgan fingerprint density at radius 1 is 1.48 bits per heavy atom. The predicted octanol–water partition coefficient (Wildman–Crippen LogP) is 2.33. The second kappa shape index (κ2) is 7.03. The second-order valence-corrected chi connectivity index (χ2v) is 4.81. The number of rotatable bonds is 7. The summed E-state index contributed by atoms with van der Waals surface area (Å²) < 4.78 is 6.82. The van der Waals surface area contributed by atoms with E-state index in [1.807, 2.05) is 6.92 Å². The number of aliphatic carboxylic acids is 1. The van der Waals surface area contributed by atoms with Gasteiger partial charge < -0.3 is 9.84 Å². The van der Waals surface area contributed by atoms with Crippen LogP contribution in [-0.2, 0) is 11.4 Å². The molecule has 0 amide bonds. The fourth-order valence-electron chi connectivity index (χ4n) is 1.88. The predicted molar refractivity (Wildman–Crippen MR) is 75.2 cm³/mol. The van der Waals surface area contributed by atoms with E-state index in [4.69, 9.17) is 16.3 Å². The van der Waals surface area contributed by atoms with Gasteiger partial charge in [-0.05, 0) is 29.0 Å². The standard InChI is InChI=1S/C13H15ClN4O3/c1-2-5-10(13(19)20)18-12(15-16-17-18)8-21-11-7-4-3-6-9(11)14/h3-4,6-7,10H,2,5,8H2,1H3,(H,19,20). The van der Waals surface area contributed by atoms with Crippen LogP contribution in [0.4, 0.5) is 0 Å². The van der Waals surface area contributed by atoms with E-state index >= 15 is 0 Å². The third kappa shape index (κ3) is 3.69. The number of carboxylic acid groups (broad SMARTS) is 1. The molecule has 0 fully saturated rings. The molecule has 0 spiro atoms. The highest BCUT2D eigenvalue weighted by Gasteiger charge is 2.23. The Kier molecular flexibility index (Phi) is 5.10. The third-order valence-corrected chi connectivity index (χ3v) is 3.21. The quantitative estimate of drug-likeness (QED) is 0.844. The number of halogens is 1. The summed E-state index contributed by atoms with van der Waals surface area (Å²) in [5.74, 6) is -0.130. The van der Waals surface area contributed by atoms with Gasteiger partial charge in [-0.3, -0.25) is 0 Å². The summed E-state index contributed by atoms with van der Waals surface area (Å²) >= 11 is 5.99. The number of carboxylic acids is 1. The average molecular weight is 311 g/mol. The summed E-state index contributed by atoms with van der Waals surface area (Å²) in [6.07, 6.45) is 1.15.